The Labute approximate surface area is 154 Å². The van der Waals surface area contributed by atoms with Gasteiger partial charge >= 0.3 is 22.4 Å². The van der Waals surface area contributed by atoms with Gasteiger partial charge in [0.25, 0.3) is 0 Å². The fourth-order valence-corrected chi connectivity index (χ4v) is 0.342. The van der Waals surface area contributed by atoms with Crippen LogP contribution in [0.25, 0.3) is 0 Å². The molecule has 2 nitrogen and oxygen atoms in total. The summed E-state index contributed by atoms with van der Waals surface area (Å²) >= 11 is 18.2. The molecular formula is C12H17AuN2S4. The first-order valence-electron chi connectivity index (χ1n) is 4.96. The second-order valence-corrected chi connectivity index (χ2v) is 5.46. The average molecular weight is 515 g/mol. The van der Waals surface area contributed by atoms with Crippen molar-refractivity contribution in [3.8, 4) is 0 Å². The Kier molecular flexibility index (Phi) is 20.7. The average Bonchev–Trinajstić information content (AvgIpc) is 2.32. The quantitative estimate of drug-likeness (QED) is 0.225. The zero-order chi connectivity index (χ0) is 14.6. The Morgan fingerprint density at radius 1 is 0.842 bits per heavy atom. The smallest absolute Gasteiger partial charge is 0.411 e. The van der Waals surface area contributed by atoms with Gasteiger partial charge in [-0.05, 0) is 0 Å². The van der Waals surface area contributed by atoms with Gasteiger partial charge in [-0.1, -0.05) is 8.64 Å². The van der Waals surface area contributed by atoms with Gasteiger partial charge in [-0.2, -0.15) is 36.4 Å². The predicted octanol–water partition coefficient (Wildman–Crippen LogP) is 2.24. The van der Waals surface area contributed by atoms with E-state index in [9.17, 15) is 0 Å². The molecule has 0 aliphatic carbocycles. The standard InChI is InChI=1S/C6H5.2C3H7NS2.Au/c1-2-4-6-5-3-1;2*1-4(2)3(5)6;/h1-5H;2*1-2H3,(H,5,6);/q-1;;;+3/p-2. The minimum Gasteiger partial charge on any atom is -0.411 e. The van der Waals surface area contributed by atoms with E-state index in [2.05, 4.69) is 55.8 Å². The summed E-state index contributed by atoms with van der Waals surface area (Å²) in [6, 6.07) is 12.5. The Balaban J connectivity index is -0.000000197. The molecule has 0 saturated heterocycles. The van der Waals surface area contributed by atoms with Crippen molar-refractivity contribution in [2.45, 2.75) is 0 Å². The Morgan fingerprint density at radius 2 is 1.11 bits per heavy atom. The van der Waals surface area contributed by atoms with E-state index in [1.54, 1.807) is 9.80 Å². The molecule has 1 aromatic rings. The molecule has 0 amide bonds. The molecule has 0 saturated carbocycles. The minimum atomic E-state index is 0. The van der Waals surface area contributed by atoms with Crippen LogP contribution in [0.5, 0.6) is 0 Å². The third-order valence-corrected chi connectivity index (χ3v) is 2.80. The fraction of sp³-hybridized carbons (Fsp3) is 0.333. The number of benzene rings is 1. The summed E-state index contributed by atoms with van der Waals surface area (Å²) < 4.78 is 1.02. The minimum absolute atomic E-state index is 0. The summed E-state index contributed by atoms with van der Waals surface area (Å²) in [4.78, 5) is 3.43. The molecule has 0 heterocycles. The van der Waals surface area contributed by atoms with Crippen molar-refractivity contribution in [1.82, 2.24) is 9.80 Å². The van der Waals surface area contributed by atoms with Crippen molar-refractivity contribution in [1.29, 1.82) is 0 Å². The summed E-state index contributed by atoms with van der Waals surface area (Å²) in [5.41, 5.74) is 0. The molecule has 1 rings (SSSR count). The van der Waals surface area contributed by atoms with E-state index in [0.29, 0.717) is 8.64 Å². The molecule has 0 spiro atoms. The molecule has 0 aliphatic rings. The molecule has 0 bridgehead atoms. The molecule has 0 unspecified atom stereocenters. The summed E-state index contributed by atoms with van der Waals surface area (Å²) in [6.45, 7) is 0. The number of rotatable bonds is 0. The van der Waals surface area contributed by atoms with E-state index < -0.39 is 0 Å². The summed E-state index contributed by atoms with van der Waals surface area (Å²) in [6.07, 6.45) is 0. The van der Waals surface area contributed by atoms with E-state index in [-0.39, 0.29) is 22.4 Å². The third kappa shape index (κ3) is 23.7. The van der Waals surface area contributed by atoms with Crippen LogP contribution in [0.15, 0.2) is 30.3 Å². The first-order valence-corrected chi connectivity index (χ1v) is 6.60. The van der Waals surface area contributed by atoms with Crippen molar-refractivity contribution in [2.75, 3.05) is 28.2 Å². The van der Waals surface area contributed by atoms with Crippen molar-refractivity contribution in [2.24, 2.45) is 0 Å². The van der Waals surface area contributed by atoms with E-state index >= 15 is 0 Å². The van der Waals surface area contributed by atoms with Crippen LogP contribution in [-0.2, 0) is 47.6 Å². The van der Waals surface area contributed by atoms with Gasteiger partial charge in [-0.15, -0.1) is 0 Å². The number of thiocarbonyl (C=S) groups is 2. The monoisotopic (exact) mass is 514 g/mol. The molecule has 0 aromatic heterocycles. The maximum absolute atomic E-state index is 4.56. The van der Waals surface area contributed by atoms with Crippen molar-refractivity contribution in [3.63, 3.8) is 0 Å². The first kappa shape index (κ1) is 24.2. The van der Waals surface area contributed by atoms with Gasteiger partial charge in [0.05, 0.1) is 0 Å². The van der Waals surface area contributed by atoms with E-state index in [4.69, 9.17) is 0 Å². The number of hydrogen-bond acceptors (Lipinski definition) is 4. The van der Waals surface area contributed by atoms with E-state index in [1.807, 2.05) is 58.5 Å². The maximum Gasteiger partial charge on any atom is 3.00 e. The Morgan fingerprint density at radius 3 is 1.16 bits per heavy atom. The van der Waals surface area contributed by atoms with Crippen LogP contribution in [0, 0.1) is 6.07 Å². The van der Waals surface area contributed by atoms with Crippen LogP contribution in [0.4, 0.5) is 0 Å². The van der Waals surface area contributed by atoms with E-state index in [0.717, 1.165) is 0 Å². The topological polar surface area (TPSA) is 6.48 Å². The SMILES string of the molecule is CN(C)C(=S)[S-].CN(C)C(=S)[S-].[Au+3].[c-]1ccccc1. The summed E-state index contributed by atoms with van der Waals surface area (Å²) in [5, 5.41) is 0. The molecule has 0 aliphatic heterocycles. The number of nitrogens with zero attached hydrogens (tertiary/aromatic N) is 2. The molecule has 0 N–H and O–H groups in total. The van der Waals surface area contributed by atoms with Crippen LogP contribution >= 0.6 is 24.4 Å². The zero-order valence-electron chi connectivity index (χ0n) is 11.2. The van der Waals surface area contributed by atoms with Gasteiger partial charge in [0, 0.05) is 28.2 Å². The van der Waals surface area contributed by atoms with Crippen molar-refractivity contribution < 1.29 is 22.4 Å². The van der Waals surface area contributed by atoms with E-state index in [1.165, 1.54) is 0 Å². The second-order valence-electron chi connectivity index (χ2n) is 3.40. The molecule has 110 valence electrons. The third-order valence-electron chi connectivity index (χ3n) is 1.34. The normalized spacial score (nSPS) is 7.37. The van der Waals surface area contributed by atoms with Crippen molar-refractivity contribution >= 4 is 58.3 Å². The fourth-order valence-electron chi connectivity index (χ4n) is 0.342. The molecule has 0 fully saturated rings. The summed E-state index contributed by atoms with van der Waals surface area (Å²) in [5.74, 6) is 0. The van der Waals surface area contributed by atoms with Crippen LogP contribution in [0.3, 0.4) is 0 Å². The maximum atomic E-state index is 4.56. The van der Waals surface area contributed by atoms with Gasteiger partial charge in [0.2, 0.25) is 0 Å². The van der Waals surface area contributed by atoms with Crippen LogP contribution in [-0.4, -0.2) is 46.6 Å². The van der Waals surface area contributed by atoms with Crippen LogP contribution < -0.4 is 0 Å². The molecule has 1 aromatic carbocycles. The van der Waals surface area contributed by atoms with Gasteiger partial charge in [-0.25, -0.2) is 0 Å². The van der Waals surface area contributed by atoms with Crippen molar-refractivity contribution in [3.05, 3.63) is 36.4 Å². The van der Waals surface area contributed by atoms with Crippen LogP contribution in [0.1, 0.15) is 0 Å². The zero-order valence-corrected chi connectivity index (χ0v) is 16.6. The van der Waals surface area contributed by atoms with Gasteiger partial charge < -0.3 is 59.5 Å². The Bertz CT molecular complexity index is 287. The second kappa shape index (κ2) is 16.2. The largest absolute Gasteiger partial charge is 3.00 e. The molecule has 7 heteroatoms. The van der Waals surface area contributed by atoms with Crippen LogP contribution in [0.2, 0.25) is 0 Å². The molecule has 19 heavy (non-hydrogen) atoms. The molecule has 0 atom stereocenters. The Hall–Kier alpha value is 0.180. The molecule has 0 radical (unpaired) electrons. The molecular weight excluding hydrogens is 497 g/mol. The van der Waals surface area contributed by atoms with Gasteiger partial charge in [0.1, 0.15) is 0 Å². The van der Waals surface area contributed by atoms with Gasteiger partial charge in [0.15, 0.2) is 0 Å². The van der Waals surface area contributed by atoms with Gasteiger partial charge in [-0.3, -0.25) is 0 Å². The summed E-state index contributed by atoms with van der Waals surface area (Å²) in [7, 11) is 7.31. The predicted molar refractivity (Wildman–Crippen MR) is 92.6 cm³/mol. The number of hydrogen-bond donors (Lipinski definition) is 0. The first-order chi connectivity index (χ1) is 8.29.